The van der Waals surface area contributed by atoms with Crippen LogP contribution in [0.15, 0.2) is 24.7 Å². The van der Waals surface area contributed by atoms with Crippen LogP contribution >= 0.6 is 0 Å². The summed E-state index contributed by atoms with van der Waals surface area (Å²) in [5, 5.41) is 2.97. The second kappa shape index (κ2) is 6.23. The molecule has 0 radical (unpaired) electrons. The third-order valence-electron chi connectivity index (χ3n) is 3.75. The van der Waals surface area contributed by atoms with Crippen LogP contribution in [0.3, 0.4) is 0 Å². The number of carbonyl (C=O) groups is 1. The third-order valence-corrected chi connectivity index (χ3v) is 3.75. The number of amides is 1. The first-order valence-electron chi connectivity index (χ1n) is 7.42. The molecule has 0 saturated carbocycles. The van der Waals surface area contributed by atoms with E-state index >= 15 is 0 Å². The Morgan fingerprint density at radius 3 is 3.09 bits per heavy atom. The van der Waals surface area contributed by atoms with Crippen molar-refractivity contribution >= 4 is 5.91 Å². The van der Waals surface area contributed by atoms with Crippen LogP contribution in [0.5, 0.6) is 0 Å². The van der Waals surface area contributed by atoms with Crippen molar-refractivity contribution in [2.45, 2.75) is 39.0 Å². The van der Waals surface area contributed by atoms with Gasteiger partial charge in [-0.1, -0.05) is 0 Å². The average molecular weight is 301 g/mol. The molecule has 1 aliphatic heterocycles. The first-order chi connectivity index (χ1) is 10.7. The molecular weight excluding hydrogens is 282 g/mol. The maximum absolute atomic E-state index is 12.3. The standard InChI is InChI=1S/C15H19N5O2/c1-3-20-8-7-17-14(20)12-11(5-9-22-12)19-15(21)13-16-6-4-10(2)18-13/h4,6-8,11-12H,3,5,9H2,1-2H3,(H,19,21)/t11-,12-/m0/s1. The zero-order chi connectivity index (χ0) is 15.5. The van der Waals surface area contributed by atoms with Gasteiger partial charge in [0.1, 0.15) is 11.9 Å². The monoisotopic (exact) mass is 301 g/mol. The average Bonchev–Trinajstić information content (AvgIpc) is 3.15. The van der Waals surface area contributed by atoms with Crippen LogP contribution in [0, 0.1) is 6.92 Å². The van der Waals surface area contributed by atoms with Crippen molar-refractivity contribution in [1.82, 2.24) is 24.8 Å². The Morgan fingerprint density at radius 1 is 1.45 bits per heavy atom. The quantitative estimate of drug-likeness (QED) is 0.919. The zero-order valence-corrected chi connectivity index (χ0v) is 12.7. The zero-order valence-electron chi connectivity index (χ0n) is 12.7. The minimum absolute atomic E-state index is 0.121. The number of nitrogens with one attached hydrogen (secondary N) is 1. The van der Waals surface area contributed by atoms with E-state index in [2.05, 4.69) is 20.3 Å². The van der Waals surface area contributed by atoms with E-state index in [1.54, 1.807) is 18.5 Å². The van der Waals surface area contributed by atoms with Gasteiger partial charge in [0.15, 0.2) is 0 Å². The number of aromatic nitrogens is 4. The van der Waals surface area contributed by atoms with Crippen molar-refractivity contribution in [2.75, 3.05) is 6.61 Å². The molecule has 0 bridgehead atoms. The molecule has 7 nitrogen and oxygen atoms in total. The fourth-order valence-corrected chi connectivity index (χ4v) is 2.63. The molecule has 2 aromatic rings. The fraction of sp³-hybridized carbons (Fsp3) is 0.467. The molecule has 116 valence electrons. The second-order valence-corrected chi connectivity index (χ2v) is 5.25. The minimum atomic E-state index is -0.279. The van der Waals surface area contributed by atoms with Crippen molar-refractivity contribution in [3.63, 3.8) is 0 Å². The number of aryl methyl sites for hydroxylation is 2. The lowest BCUT2D eigenvalue weighted by molar-refractivity contribution is 0.0769. The van der Waals surface area contributed by atoms with Crippen molar-refractivity contribution in [2.24, 2.45) is 0 Å². The number of carbonyl (C=O) groups excluding carboxylic acids is 1. The molecular formula is C15H19N5O2. The number of imidazole rings is 1. The molecule has 22 heavy (non-hydrogen) atoms. The lowest BCUT2D eigenvalue weighted by Crippen LogP contribution is -2.38. The fourth-order valence-electron chi connectivity index (χ4n) is 2.63. The molecule has 1 saturated heterocycles. The van der Waals surface area contributed by atoms with Gasteiger partial charge in [-0.15, -0.1) is 0 Å². The summed E-state index contributed by atoms with van der Waals surface area (Å²) in [6.07, 6.45) is 5.77. The molecule has 2 atom stereocenters. The van der Waals surface area contributed by atoms with Crippen LogP contribution in [-0.2, 0) is 11.3 Å². The molecule has 0 aliphatic carbocycles. The summed E-state index contributed by atoms with van der Waals surface area (Å²) >= 11 is 0. The van der Waals surface area contributed by atoms with Crippen LogP contribution in [-0.4, -0.2) is 38.1 Å². The van der Waals surface area contributed by atoms with Gasteiger partial charge in [-0.2, -0.15) is 0 Å². The van der Waals surface area contributed by atoms with Crippen molar-refractivity contribution in [3.8, 4) is 0 Å². The summed E-state index contributed by atoms with van der Waals surface area (Å²) in [6, 6.07) is 1.64. The van der Waals surface area contributed by atoms with E-state index in [1.807, 2.05) is 24.6 Å². The maximum atomic E-state index is 12.3. The highest BCUT2D eigenvalue weighted by molar-refractivity contribution is 5.90. The van der Waals surface area contributed by atoms with Gasteiger partial charge in [-0.05, 0) is 26.3 Å². The highest BCUT2D eigenvalue weighted by atomic mass is 16.5. The predicted octanol–water partition coefficient (Wildman–Crippen LogP) is 1.26. The van der Waals surface area contributed by atoms with Gasteiger partial charge in [0.05, 0.1) is 6.04 Å². The SMILES string of the molecule is CCn1ccnc1[C@H]1OCC[C@@H]1NC(=O)c1nccc(C)n1. The van der Waals surface area contributed by atoms with Crippen LogP contribution in [0.1, 0.15) is 41.6 Å². The molecule has 2 aromatic heterocycles. The van der Waals surface area contributed by atoms with Gasteiger partial charge in [-0.25, -0.2) is 15.0 Å². The molecule has 0 unspecified atom stereocenters. The van der Waals surface area contributed by atoms with E-state index in [4.69, 9.17) is 4.74 Å². The molecule has 0 spiro atoms. The smallest absolute Gasteiger partial charge is 0.289 e. The second-order valence-electron chi connectivity index (χ2n) is 5.25. The number of nitrogens with zero attached hydrogens (tertiary/aromatic N) is 4. The Morgan fingerprint density at radius 2 is 2.32 bits per heavy atom. The number of hydrogen-bond donors (Lipinski definition) is 1. The first-order valence-corrected chi connectivity index (χ1v) is 7.42. The van der Waals surface area contributed by atoms with E-state index in [1.165, 1.54) is 0 Å². The summed E-state index contributed by atoms with van der Waals surface area (Å²) in [5.74, 6) is 0.749. The highest BCUT2D eigenvalue weighted by Gasteiger charge is 2.34. The van der Waals surface area contributed by atoms with E-state index in [-0.39, 0.29) is 23.9 Å². The highest BCUT2D eigenvalue weighted by Crippen LogP contribution is 2.28. The molecule has 3 heterocycles. The Bertz CT molecular complexity index is 669. The molecule has 1 amide bonds. The van der Waals surface area contributed by atoms with Gasteiger partial charge < -0.3 is 14.6 Å². The van der Waals surface area contributed by atoms with Crippen LogP contribution < -0.4 is 5.32 Å². The van der Waals surface area contributed by atoms with Crippen LogP contribution in [0.25, 0.3) is 0 Å². The number of rotatable bonds is 4. The Balaban J connectivity index is 1.75. The number of ether oxygens (including phenoxy) is 1. The Kier molecular flexibility index (Phi) is 4.15. The minimum Gasteiger partial charge on any atom is -0.368 e. The topological polar surface area (TPSA) is 81.9 Å². The van der Waals surface area contributed by atoms with Gasteiger partial charge in [-0.3, -0.25) is 4.79 Å². The lowest BCUT2D eigenvalue weighted by atomic mass is 10.1. The van der Waals surface area contributed by atoms with Crippen LogP contribution in [0.2, 0.25) is 0 Å². The third kappa shape index (κ3) is 2.85. The lowest BCUT2D eigenvalue weighted by Gasteiger charge is -2.20. The molecule has 1 N–H and O–H groups in total. The Hall–Kier alpha value is -2.28. The van der Waals surface area contributed by atoms with Gasteiger partial charge in [0.25, 0.3) is 5.91 Å². The van der Waals surface area contributed by atoms with Gasteiger partial charge >= 0.3 is 0 Å². The maximum Gasteiger partial charge on any atom is 0.289 e. The molecule has 1 aliphatic rings. The van der Waals surface area contributed by atoms with Gasteiger partial charge in [0.2, 0.25) is 5.82 Å². The molecule has 3 rings (SSSR count). The van der Waals surface area contributed by atoms with Crippen molar-refractivity contribution in [1.29, 1.82) is 0 Å². The summed E-state index contributed by atoms with van der Waals surface area (Å²) in [5.41, 5.74) is 0.765. The van der Waals surface area contributed by atoms with E-state index < -0.39 is 0 Å². The van der Waals surface area contributed by atoms with E-state index in [9.17, 15) is 4.79 Å². The summed E-state index contributed by atoms with van der Waals surface area (Å²) in [7, 11) is 0. The molecule has 1 fully saturated rings. The normalized spacial score (nSPS) is 21.0. The first kappa shape index (κ1) is 14.6. The summed E-state index contributed by atoms with van der Waals surface area (Å²) in [6.45, 7) is 5.30. The van der Waals surface area contributed by atoms with E-state index in [0.717, 1.165) is 24.5 Å². The predicted molar refractivity (Wildman–Crippen MR) is 79.2 cm³/mol. The van der Waals surface area contributed by atoms with Crippen molar-refractivity contribution < 1.29 is 9.53 Å². The van der Waals surface area contributed by atoms with E-state index in [0.29, 0.717) is 6.61 Å². The van der Waals surface area contributed by atoms with Crippen LogP contribution in [0.4, 0.5) is 0 Å². The van der Waals surface area contributed by atoms with Gasteiger partial charge in [0, 0.05) is 37.4 Å². The summed E-state index contributed by atoms with van der Waals surface area (Å²) < 4.78 is 7.80. The van der Waals surface area contributed by atoms with Crippen molar-refractivity contribution in [3.05, 3.63) is 42.0 Å². The summed E-state index contributed by atoms with van der Waals surface area (Å²) in [4.78, 5) is 24.8. The Labute approximate surface area is 128 Å². The largest absolute Gasteiger partial charge is 0.368 e. The molecule has 7 heteroatoms. The number of hydrogen-bond acceptors (Lipinski definition) is 5. The molecule has 0 aromatic carbocycles.